The second kappa shape index (κ2) is 6.82. The van der Waals surface area contributed by atoms with Crippen LogP contribution in [0.15, 0.2) is 42.5 Å². The zero-order chi connectivity index (χ0) is 16.2. The third-order valence-electron chi connectivity index (χ3n) is 4.69. The summed E-state index contributed by atoms with van der Waals surface area (Å²) in [6, 6.07) is 13.6. The van der Waals surface area contributed by atoms with Crippen LogP contribution in [-0.2, 0) is 4.79 Å². The molecule has 2 aromatic rings. The van der Waals surface area contributed by atoms with Crippen molar-refractivity contribution in [3.8, 4) is 5.75 Å². The standard InChI is InChI=1S/C19H22N2O2/c20-19(21)17-8-4-3-7-15(17)12-18(22)23-16-10-9-13-5-1-2-6-14(13)11-16/h1-2,5-6,9-11,15,17H,3-4,7-8,12H2,(H3,20,21). The minimum atomic E-state index is -0.238. The monoisotopic (exact) mass is 310 g/mol. The van der Waals surface area contributed by atoms with Crippen LogP contribution in [0.4, 0.5) is 0 Å². The molecule has 23 heavy (non-hydrogen) atoms. The highest BCUT2D eigenvalue weighted by molar-refractivity contribution is 5.85. The predicted molar refractivity (Wildman–Crippen MR) is 91.6 cm³/mol. The van der Waals surface area contributed by atoms with Crippen molar-refractivity contribution in [2.75, 3.05) is 0 Å². The number of carbonyl (C=O) groups is 1. The molecule has 4 nitrogen and oxygen atoms in total. The Labute approximate surface area is 136 Å². The zero-order valence-corrected chi connectivity index (χ0v) is 13.1. The third-order valence-corrected chi connectivity index (χ3v) is 4.69. The first kappa shape index (κ1) is 15.5. The van der Waals surface area contributed by atoms with E-state index in [2.05, 4.69) is 0 Å². The van der Waals surface area contributed by atoms with Crippen molar-refractivity contribution in [3.05, 3.63) is 42.5 Å². The van der Waals surface area contributed by atoms with Crippen LogP contribution in [0.2, 0.25) is 0 Å². The van der Waals surface area contributed by atoms with Crippen molar-refractivity contribution in [2.24, 2.45) is 17.6 Å². The van der Waals surface area contributed by atoms with E-state index in [1.807, 2.05) is 42.5 Å². The number of esters is 1. The second-order valence-electron chi connectivity index (χ2n) is 6.29. The molecule has 2 atom stereocenters. The molecule has 2 unspecified atom stereocenters. The number of hydrogen-bond donors (Lipinski definition) is 2. The van der Waals surface area contributed by atoms with Gasteiger partial charge in [0.15, 0.2) is 0 Å². The maximum Gasteiger partial charge on any atom is 0.311 e. The molecule has 0 spiro atoms. The summed E-state index contributed by atoms with van der Waals surface area (Å²) in [5.41, 5.74) is 5.68. The van der Waals surface area contributed by atoms with Crippen molar-refractivity contribution in [1.82, 2.24) is 0 Å². The smallest absolute Gasteiger partial charge is 0.311 e. The molecule has 120 valence electrons. The molecule has 0 bridgehead atoms. The van der Waals surface area contributed by atoms with Gasteiger partial charge in [0.2, 0.25) is 0 Å². The molecule has 1 aliphatic rings. The molecule has 0 radical (unpaired) electrons. The fourth-order valence-corrected chi connectivity index (χ4v) is 3.48. The first-order chi connectivity index (χ1) is 11.1. The van der Waals surface area contributed by atoms with Crippen molar-refractivity contribution in [1.29, 1.82) is 5.41 Å². The second-order valence-corrected chi connectivity index (χ2v) is 6.29. The van der Waals surface area contributed by atoms with E-state index < -0.39 is 0 Å². The topological polar surface area (TPSA) is 76.2 Å². The lowest BCUT2D eigenvalue weighted by atomic mass is 9.77. The Morgan fingerprint density at radius 2 is 1.87 bits per heavy atom. The van der Waals surface area contributed by atoms with Gasteiger partial charge < -0.3 is 10.5 Å². The van der Waals surface area contributed by atoms with Crippen molar-refractivity contribution in [3.63, 3.8) is 0 Å². The Bertz CT molecular complexity index is 726. The number of fused-ring (bicyclic) bond motifs is 1. The van der Waals surface area contributed by atoms with Crippen molar-refractivity contribution < 1.29 is 9.53 Å². The van der Waals surface area contributed by atoms with E-state index in [0.717, 1.165) is 36.5 Å². The number of amidine groups is 1. The lowest BCUT2D eigenvalue weighted by molar-refractivity contribution is -0.135. The molecule has 1 saturated carbocycles. The van der Waals surface area contributed by atoms with Crippen molar-refractivity contribution >= 4 is 22.6 Å². The summed E-state index contributed by atoms with van der Waals surface area (Å²) >= 11 is 0. The van der Waals surface area contributed by atoms with Gasteiger partial charge in [0.1, 0.15) is 5.75 Å². The van der Waals surface area contributed by atoms with Crippen LogP contribution < -0.4 is 10.5 Å². The van der Waals surface area contributed by atoms with Crippen molar-refractivity contribution in [2.45, 2.75) is 32.1 Å². The summed E-state index contributed by atoms with van der Waals surface area (Å²) in [6.07, 6.45) is 4.36. The molecule has 3 rings (SSSR count). The molecule has 0 amide bonds. The van der Waals surface area contributed by atoms with Crippen LogP contribution in [0.5, 0.6) is 5.75 Å². The van der Waals surface area contributed by atoms with Gasteiger partial charge in [0.25, 0.3) is 0 Å². The molecular formula is C19H22N2O2. The fraction of sp³-hybridized carbons (Fsp3) is 0.368. The Morgan fingerprint density at radius 3 is 2.65 bits per heavy atom. The highest BCUT2D eigenvalue weighted by Crippen LogP contribution is 2.32. The van der Waals surface area contributed by atoms with Crippen LogP contribution in [0.1, 0.15) is 32.1 Å². The van der Waals surface area contributed by atoms with Gasteiger partial charge in [-0.15, -0.1) is 0 Å². The Morgan fingerprint density at radius 1 is 1.13 bits per heavy atom. The first-order valence-corrected chi connectivity index (χ1v) is 8.17. The number of benzene rings is 2. The average molecular weight is 310 g/mol. The van der Waals surface area contributed by atoms with E-state index in [4.69, 9.17) is 15.9 Å². The molecule has 3 N–H and O–H groups in total. The number of rotatable bonds is 4. The SMILES string of the molecule is N=C(N)C1CCCCC1CC(=O)Oc1ccc2ccccc2c1. The zero-order valence-electron chi connectivity index (χ0n) is 13.1. The summed E-state index contributed by atoms with van der Waals surface area (Å²) in [5, 5.41) is 9.87. The molecule has 1 fully saturated rings. The van der Waals surface area contributed by atoms with Gasteiger partial charge >= 0.3 is 5.97 Å². The summed E-state index contributed by atoms with van der Waals surface area (Å²) in [5.74, 6) is 0.692. The van der Waals surface area contributed by atoms with Crippen LogP contribution in [0.25, 0.3) is 10.8 Å². The lowest BCUT2D eigenvalue weighted by Crippen LogP contribution is -2.33. The van der Waals surface area contributed by atoms with E-state index in [-0.39, 0.29) is 23.6 Å². The largest absolute Gasteiger partial charge is 0.426 e. The van der Waals surface area contributed by atoms with E-state index >= 15 is 0 Å². The average Bonchev–Trinajstić information content (AvgIpc) is 2.55. The number of nitrogens with one attached hydrogen (secondary N) is 1. The van der Waals surface area contributed by atoms with Crippen LogP contribution in [-0.4, -0.2) is 11.8 Å². The highest BCUT2D eigenvalue weighted by Gasteiger charge is 2.29. The maximum absolute atomic E-state index is 12.3. The lowest BCUT2D eigenvalue weighted by Gasteiger charge is -2.29. The summed E-state index contributed by atoms with van der Waals surface area (Å²) in [6.45, 7) is 0. The molecule has 0 heterocycles. The summed E-state index contributed by atoms with van der Waals surface area (Å²) < 4.78 is 5.50. The molecule has 0 saturated heterocycles. The van der Waals surface area contributed by atoms with Gasteiger partial charge in [0.05, 0.1) is 5.84 Å². The molecule has 0 aliphatic heterocycles. The van der Waals surface area contributed by atoms with Gasteiger partial charge in [-0.05, 0) is 41.7 Å². The molecular weight excluding hydrogens is 288 g/mol. The van der Waals surface area contributed by atoms with Crippen LogP contribution >= 0.6 is 0 Å². The molecule has 0 aromatic heterocycles. The van der Waals surface area contributed by atoms with Crippen LogP contribution in [0, 0.1) is 17.2 Å². The van der Waals surface area contributed by atoms with Gasteiger partial charge in [0, 0.05) is 12.3 Å². The highest BCUT2D eigenvalue weighted by atomic mass is 16.5. The number of ether oxygens (including phenoxy) is 1. The molecule has 1 aliphatic carbocycles. The van der Waals surface area contributed by atoms with E-state index in [9.17, 15) is 4.79 Å². The first-order valence-electron chi connectivity index (χ1n) is 8.17. The van der Waals surface area contributed by atoms with Gasteiger partial charge in [-0.3, -0.25) is 10.2 Å². The Kier molecular flexibility index (Phi) is 4.60. The minimum Gasteiger partial charge on any atom is -0.426 e. The van der Waals surface area contributed by atoms with Crippen LogP contribution in [0.3, 0.4) is 0 Å². The number of hydrogen-bond acceptors (Lipinski definition) is 3. The van der Waals surface area contributed by atoms with Gasteiger partial charge in [-0.25, -0.2) is 0 Å². The fourth-order valence-electron chi connectivity index (χ4n) is 3.48. The Balaban J connectivity index is 1.66. The summed E-state index contributed by atoms with van der Waals surface area (Å²) in [7, 11) is 0. The maximum atomic E-state index is 12.3. The van der Waals surface area contributed by atoms with Gasteiger partial charge in [-0.1, -0.05) is 43.2 Å². The number of nitrogens with two attached hydrogens (primary N) is 1. The molecule has 2 aromatic carbocycles. The minimum absolute atomic E-state index is 0.0212. The predicted octanol–water partition coefficient (Wildman–Crippen LogP) is 3.88. The number of carbonyl (C=O) groups excluding carboxylic acids is 1. The Hall–Kier alpha value is -2.36. The van der Waals surface area contributed by atoms with E-state index in [0.29, 0.717) is 12.2 Å². The third kappa shape index (κ3) is 3.70. The van der Waals surface area contributed by atoms with E-state index in [1.54, 1.807) is 0 Å². The molecule has 4 heteroatoms. The quantitative estimate of drug-likeness (QED) is 0.389. The normalized spacial score (nSPS) is 21.0. The van der Waals surface area contributed by atoms with E-state index in [1.165, 1.54) is 0 Å². The summed E-state index contributed by atoms with van der Waals surface area (Å²) in [4.78, 5) is 12.3. The van der Waals surface area contributed by atoms with Gasteiger partial charge in [-0.2, -0.15) is 0 Å².